The third kappa shape index (κ3) is 1.82. The van der Waals surface area contributed by atoms with Gasteiger partial charge in [0.2, 0.25) is 0 Å². The molecule has 0 unspecified atom stereocenters. The summed E-state index contributed by atoms with van der Waals surface area (Å²) < 4.78 is 0. The van der Waals surface area contributed by atoms with E-state index in [1.165, 1.54) is 24.9 Å². The van der Waals surface area contributed by atoms with Crippen LogP contribution >= 0.6 is 0 Å². The van der Waals surface area contributed by atoms with Gasteiger partial charge in [0.05, 0.1) is 0 Å². The SMILES string of the molecule is C[C@H]1N(C)CCC[C@@]1(C)c1ccc(O)cc1. The molecule has 0 radical (unpaired) electrons. The summed E-state index contributed by atoms with van der Waals surface area (Å²) in [6.45, 7) is 5.82. The smallest absolute Gasteiger partial charge is 0.115 e. The maximum absolute atomic E-state index is 9.35. The predicted molar refractivity (Wildman–Crippen MR) is 66.8 cm³/mol. The lowest BCUT2D eigenvalue weighted by atomic mass is 9.70. The van der Waals surface area contributed by atoms with E-state index >= 15 is 0 Å². The molecule has 2 heteroatoms. The lowest BCUT2D eigenvalue weighted by molar-refractivity contribution is 0.114. The van der Waals surface area contributed by atoms with Gasteiger partial charge in [-0.15, -0.1) is 0 Å². The Morgan fingerprint density at radius 1 is 1.31 bits per heavy atom. The van der Waals surface area contributed by atoms with E-state index in [4.69, 9.17) is 0 Å². The van der Waals surface area contributed by atoms with Gasteiger partial charge in [0.25, 0.3) is 0 Å². The standard InChI is InChI=1S/C14H21NO/c1-11-14(2,9-4-10-15(11)3)12-5-7-13(16)8-6-12/h5-8,11,16H,4,9-10H2,1-3H3/t11-,14-/m1/s1. The van der Waals surface area contributed by atoms with Crippen molar-refractivity contribution in [2.24, 2.45) is 0 Å². The van der Waals surface area contributed by atoms with Gasteiger partial charge < -0.3 is 10.0 Å². The molecule has 0 aliphatic carbocycles. The first-order valence-electron chi connectivity index (χ1n) is 6.04. The summed E-state index contributed by atoms with van der Waals surface area (Å²) in [7, 11) is 2.20. The topological polar surface area (TPSA) is 23.5 Å². The Morgan fingerprint density at radius 3 is 2.56 bits per heavy atom. The van der Waals surface area contributed by atoms with Gasteiger partial charge >= 0.3 is 0 Å². The zero-order valence-corrected chi connectivity index (χ0v) is 10.4. The highest BCUT2D eigenvalue weighted by Crippen LogP contribution is 2.38. The molecule has 1 heterocycles. The Morgan fingerprint density at radius 2 is 1.94 bits per heavy atom. The van der Waals surface area contributed by atoms with E-state index in [-0.39, 0.29) is 5.41 Å². The van der Waals surface area contributed by atoms with Crippen molar-refractivity contribution < 1.29 is 5.11 Å². The van der Waals surface area contributed by atoms with Crippen LogP contribution in [0.2, 0.25) is 0 Å². The van der Waals surface area contributed by atoms with Gasteiger partial charge in [-0.05, 0) is 51.1 Å². The van der Waals surface area contributed by atoms with Crippen LogP contribution in [0.5, 0.6) is 5.75 Å². The molecule has 0 amide bonds. The largest absolute Gasteiger partial charge is 0.508 e. The first kappa shape index (κ1) is 11.5. The van der Waals surface area contributed by atoms with Crippen LogP contribution in [0, 0.1) is 0 Å². The molecule has 0 aromatic heterocycles. The van der Waals surface area contributed by atoms with Gasteiger partial charge in [-0.25, -0.2) is 0 Å². The summed E-state index contributed by atoms with van der Waals surface area (Å²) in [5.74, 6) is 0.351. The molecule has 0 bridgehead atoms. The van der Waals surface area contributed by atoms with Gasteiger partial charge in [0, 0.05) is 11.5 Å². The average Bonchev–Trinajstić information content (AvgIpc) is 2.27. The fourth-order valence-electron chi connectivity index (χ4n) is 2.81. The van der Waals surface area contributed by atoms with Crippen molar-refractivity contribution in [2.75, 3.05) is 13.6 Å². The van der Waals surface area contributed by atoms with Crippen molar-refractivity contribution >= 4 is 0 Å². The van der Waals surface area contributed by atoms with Crippen LogP contribution in [0.4, 0.5) is 0 Å². The lowest BCUT2D eigenvalue weighted by Gasteiger charge is -2.45. The summed E-state index contributed by atoms with van der Waals surface area (Å²) in [4.78, 5) is 2.43. The number of nitrogens with zero attached hydrogens (tertiary/aromatic N) is 1. The number of hydrogen-bond acceptors (Lipinski definition) is 2. The minimum atomic E-state index is 0.209. The molecule has 16 heavy (non-hydrogen) atoms. The van der Waals surface area contributed by atoms with Crippen molar-refractivity contribution in [2.45, 2.75) is 38.1 Å². The first-order valence-corrected chi connectivity index (χ1v) is 6.04. The highest BCUT2D eigenvalue weighted by Gasteiger charge is 2.37. The molecule has 1 aliphatic heterocycles. The van der Waals surface area contributed by atoms with Gasteiger partial charge in [0.15, 0.2) is 0 Å². The highest BCUT2D eigenvalue weighted by atomic mass is 16.3. The van der Waals surface area contributed by atoms with Crippen LogP contribution in [-0.2, 0) is 5.41 Å². The summed E-state index contributed by atoms with van der Waals surface area (Å²) >= 11 is 0. The number of hydrogen-bond donors (Lipinski definition) is 1. The van der Waals surface area contributed by atoms with Crippen molar-refractivity contribution in [3.05, 3.63) is 29.8 Å². The van der Waals surface area contributed by atoms with Crippen LogP contribution < -0.4 is 0 Å². The second kappa shape index (κ2) is 4.10. The Balaban J connectivity index is 2.33. The van der Waals surface area contributed by atoms with Crippen LogP contribution in [0.25, 0.3) is 0 Å². The van der Waals surface area contributed by atoms with Gasteiger partial charge in [-0.2, -0.15) is 0 Å². The Kier molecular flexibility index (Phi) is 2.94. The van der Waals surface area contributed by atoms with Crippen LogP contribution in [0.15, 0.2) is 24.3 Å². The zero-order valence-electron chi connectivity index (χ0n) is 10.4. The van der Waals surface area contributed by atoms with E-state index in [1.54, 1.807) is 12.1 Å². The Labute approximate surface area is 97.9 Å². The van der Waals surface area contributed by atoms with E-state index in [1.807, 2.05) is 0 Å². The second-order valence-electron chi connectivity index (χ2n) is 5.22. The fourth-order valence-corrected chi connectivity index (χ4v) is 2.81. The number of rotatable bonds is 1. The quantitative estimate of drug-likeness (QED) is 0.785. The molecule has 1 fully saturated rings. The van der Waals surface area contributed by atoms with Gasteiger partial charge in [-0.1, -0.05) is 19.1 Å². The molecule has 2 atom stereocenters. The minimum absolute atomic E-state index is 0.209. The van der Waals surface area contributed by atoms with Crippen molar-refractivity contribution in [3.63, 3.8) is 0 Å². The van der Waals surface area contributed by atoms with Crippen LogP contribution in [0.3, 0.4) is 0 Å². The maximum atomic E-state index is 9.35. The third-order valence-corrected chi connectivity index (χ3v) is 4.32. The van der Waals surface area contributed by atoms with Gasteiger partial charge in [-0.3, -0.25) is 0 Å². The summed E-state index contributed by atoms with van der Waals surface area (Å²) in [5, 5.41) is 9.35. The molecule has 2 nitrogen and oxygen atoms in total. The molecule has 0 saturated carbocycles. The van der Waals surface area contributed by atoms with Crippen molar-refractivity contribution in [1.82, 2.24) is 4.90 Å². The summed E-state index contributed by atoms with van der Waals surface area (Å²) in [6.07, 6.45) is 2.47. The molecule has 1 aromatic rings. The number of likely N-dealkylation sites (N-methyl/N-ethyl adjacent to an activating group) is 1. The summed E-state index contributed by atoms with van der Waals surface area (Å²) in [5.41, 5.74) is 1.55. The molecular weight excluding hydrogens is 198 g/mol. The average molecular weight is 219 g/mol. The lowest BCUT2D eigenvalue weighted by Crippen LogP contribution is -2.49. The molecule has 1 aliphatic rings. The Hall–Kier alpha value is -1.02. The number of likely N-dealkylation sites (tertiary alicyclic amines) is 1. The molecule has 2 rings (SSSR count). The second-order valence-corrected chi connectivity index (χ2v) is 5.22. The maximum Gasteiger partial charge on any atom is 0.115 e. The van der Waals surface area contributed by atoms with E-state index < -0.39 is 0 Å². The number of phenols is 1. The predicted octanol–water partition coefficient (Wildman–Crippen LogP) is 2.76. The minimum Gasteiger partial charge on any atom is -0.508 e. The number of piperidine rings is 1. The van der Waals surface area contributed by atoms with E-state index in [0.717, 1.165) is 0 Å². The van der Waals surface area contributed by atoms with Crippen molar-refractivity contribution in [1.29, 1.82) is 0 Å². The first-order chi connectivity index (χ1) is 7.54. The molecular formula is C14H21NO. The molecule has 1 aromatic carbocycles. The van der Waals surface area contributed by atoms with E-state index in [0.29, 0.717) is 11.8 Å². The third-order valence-electron chi connectivity index (χ3n) is 4.32. The number of aromatic hydroxyl groups is 1. The summed E-state index contributed by atoms with van der Waals surface area (Å²) in [6, 6.07) is 8.26. The number of benzene rings is 1. The van der Waals surface area contributed by atoms with Gasteiger partial charge in [0.1, 0.15) is 5.75 Å². The molecule has 1 saturated heterocycles. The molecule has 0 spiro atoms. The normalized spacial score (nSPS) is 31.6. The monoisotopic (exact) mass is 219 g/mol. The van der Waals surface area contributed by atoms with Crippen LogP contribution in [-0.4, -0.2) is 29.6 Å². The molecule has 88 valence electrons. The highest BCUT2D eigenvalue weighted by molar-refractivity contribution is 5.32. The fraction of sp³-hybridized carbons (Fsp3) is 0.571. The number of phenolic OH excluding ortho intramolecular Hbond substituents is 1. The van der Waals surface area contributed by atoms with E-state index in [2.05, 4.69) is 37.9 Å². The van der Waals surface area contributed by atoms with Crippen LogP contribution in [0.1, 0.15) is 32.3 Å². The van der Waals surface area contributed by atoms with Crippen molar-refractivity contribution in [3.8, 4) is 5.75 Å². The molecule has 1 N–H and O–H groups in total. The van der Waals surface area contributed by atoms with E-state index in [9.17, 15) is 5.11 Å². The zero-order chi connectivity index (χ0) is 11.8. The Bertz CT molecular complexity index is 360.